The zero-order valence-corrected chi connectivity index (χ0v) is 12.6. The zero-order chi connectivity index (χ0) is 15.7. The van der Waals surface area contributed by atoms with Gasteiger partial charge in [-0.3, -0.25) is 9.59 Å². The van der Waals surface area contributed by atoms with Crippen LogP contribution in [0.1, 0.15) is 37.4 Å². The maximum atomic E-state index is 13.1. The summed E-state index contributed by atoms with van der Waals surface area (Å²) in [4.78, 5) is 24.3. The average molecular weight is 288 g/mol. The van der Waals surface area contributed by atoms with Gasteiger partial charge in [-0.2, -0.15) is 0 Å². The van der Waals surface area contributed by atoms with Gasteiger partial charge < -0.3 is 0 Å². The smallest absolute Gasteiger partial charge is 0.194 e. The van der Waals surface area contributed by atoms with Gasteiger partial charge in [-0.1, -0.05) is 54.6 Å². The Hall–Kier alpha value is -2.74. The highest BCUT2D eigenvalue weighted by atomic mass is 16.1. The molecule has 0 saturated heterocycles. The highest BCUT2D eigenvalue weighted by Gasteiger charge is 2.19. The Morgan fingerprint density at radius 2 is 1.64 bits per heavy atom. The van der Waals surface area contributed by atoms with Crippen LogP contribution in [0.2, 0.25) is 0 Å². The molecule has 0 bridgehead atoms. The zero-order valence-electron chi connectivity index (χ0n) is 12.6. The lowest BCUT2D eigenvalue weighted by atomic mass is 9.89. The predicted molar refractivity (Wildman–Crippen MR) is 88.7 cm³/mol. The molecule has 0 radical (unpaired) electrons. The minimum absolute atomic E-state index is 0.0971. The molecule has 0 aliphatic carbocycles. The van der Waals surface area contributed by atoms with Crippen LogP contribution in [-0.4, -0.2) is 12.1 Å². The molecule has 2 heteroatoms. The van der Waals surface area contributed by atoms with E-state index < -0.39 is 0 Å². The van der Waals surface area contributed by atoms with Gasteiger partial charge in [0.2, 0.25) is 0 Å². The van der Waals surface area contributed by atoms with E-state index in [2.05, 4.69) is 6.07 Å². The third-order valence-corrected chi connectivity index (χ3v) is 4.13. The summed E-state index contributed by atoms with van der Waals surface area (Å²) < 4.78 is 0. The standard InChI is InChI=1S/C20H16O2/c1-13-11-15-7-3-5-9-17(15)19(14(13)2)20(22)18-10-6-4-8-16(18)12-21/h3-12H,1-2H3. The maximum Gasteiger partial charge on any atom is 0.194 e. The quantitative estimate of drug-likeness (QED) is 0.525. The molecule has 0 atom stereocenters. The van der Waals surface area contributed by atoms with Crippen molar-refractivity contribution in [3.05, 3.63) is 82.4 Å². The van der Waals surface area contributed by atoms with E-state index in [9.17, 15) is 9.59 Å². The van der Waals surface area contributed by atoms with Crippen molar-refractivity contribution in [2.75, 3.05) is 0 Å². The molecule has 2 nitrogen and oxygen atoms in total. The third-order valence-electron chi connectivity index (χ3n) is 4.13. The molecule has 3 aromatic rings. The fourth-order valence-corrected chi connectivity index (χ4v) is 2.83. The number of aldehydes is 1. The van der Waals surface area contributed by atoms with Crippen LogP contribution in [0.3, 0.4) is 0 Å². The molecule has 0 heterocycles. The van der Waals surface area contributed by atoms with E-state index in [1.807, 2.05) is 38.1 Å². The first-order valence-electron chi connectivity index (χ1n) is 7.21. The molecule has 108 valence electrons. The lowest BCUT2D eigenvalue weighted by molar-refractivity contribution is 0.103. The van der Waals surface area contributed by atoms with Crippen LogP contribution >= 0.6 is 0 Å². The molecule has 0 unspecified atom stereocenters. The number of ketones is 1. The number of carbonyl (C=O) groups is 2. The number of carbonyl (C=O) groups excluding carboxylic acids is 2. The van der Waals surface area contributed by atoms with Gasteiger partial charge in [-0.05, 0) is 35.7 Å². The molecule has 0 saturated carbocycles. The second-order valence-electron chi connectivity index (χ2n) is 5.45. The SMILES string of the molecule is Cc1cc2ccccc2c(C(=O)c2ccccc2C=O)c1C. The van der Waals surface area contributed by atoms with Gasteiger partial charge >= 0.3 is 0 Å². The topological polar surface area (TPSA) is 34.1 Å². The second kappa shape index (κ2) is 5.57. The van der Waals surface area contributed by atoms with Crippen LogP contribution in [0.25, 0.3) is 10.8 Å². The number of fused-ring (bicyclic) bond motifs is 1. The van der Waals surface area contributed by atoms with Crippen molar-refractivity contribution in [1.29, 1.82) is 0 Å². The normalized spacial score (nSPS) is 10.6. The van der Waals surface area contributed by atoms with Gasteiger partial charge in [0, 0.05) is 16.7 Å². The number of hydrogen-bond donors (Lipinski definition) is 0. The average Bonchev–Trinajstić information content (AvgIpc) is 2.55. The Kier molecular flexibility index (Phi) is 3.60. The monoisotopic (exact) mass is 288 g/mol. The Balaban J connectivity index is 2.32. The summed E-state index contributed by atoms with van der Waals surface area (Å²) in [6.45, 7) is 3.96. The van der Waals surface area contributed by atoms with Gasteiger partial charge in [0.15, 0.2) is 12.1 Å². The van der Waals surface area contributed by atoms with Gasteiger partial charge in [0.1, 0.15) is 0 Å². The van der Waals surface area contributed by atoms with Crippen molar-refractivity contribution in [3.8, 4) is 0 Å². The molecule has 0 aliphatic rings. The Bertz CT molecular complexity index is 891. The van der Waals surface area contributed by atoms with Crippen LogP contribution in [0.15, 0.2) is 54.6 Å². The molecule has 0 spiro atoms. The van der Waals surface area contributed by atoms with Crippen LogP contribution in [0.4, 0.5) is 0 Å². The molecule has 22 heavy (non-hydrogen) atoms. The largest absolute Gasteiger partial charge is 0.298 e. The molecular formula is C20H16O2. The van der Waals surface area contributed by atoms with E-state index in [4.69, 9.17) is 0 Å². The minimum atomic E-state index is -0.0971. The Morgan fingerprint density at radius 3 is 2.41 bits per heavy atom. The highest BCUT2D eigenvalue weighted by molar-refractivity contribution is 6.19. The fraction of sp³-hybridized carbons (Fsp3) is 0.100. The molecular weight excluding hydrogens is 272 g/mol. The van der Waals surface area contributed by atoms with Gasteiger partial charge in [-0.25, -0.2) is 0 Å². The summed E-state index contributed by atoms with van der Waals surface area (Å²) in [5.74, 6) is -0.0971. The number of benzene rings is 3. The van der Waals surface area contributed by atoms with E-state index in [1.165, 1.54) is 0 Å². The first-order chi connectivity index (χ1) is 10.6. The molecule has 0 N–H and O–H groups in total. The fourth-order valence-electron chi connectivity index (χ4n) is 2.83. The van der Waals surface area contributed by atoms with E-state index in [1.54, 1.807) is 24.3 Å². The van der Waals surface area contributed by atoms with Crippen molar-refractivity contribution in [3.63, 3.8) is 0 Å². The number of hydrogen-bond acceptors (Lipinski definition) is 2. The van der Waals surface area contributed by atoms with Gasteiger partial charge in [0.25, 0.3) is 0 Å². The van der Waals surface area contributed by atoms with Crippen molar-refractivity contribution < 1.29 is 9.59 Å². The van der Waals surface area contributed by atoms with Crippen molar-refractivity contribution in [2.24, 2.45) is 0 Å². The van der Waals surface area contributed by atoms with E-state index in [0.717, 1.165) is 28.2 Å². The minimum Gasteiger partial charge on any atom is -0.298 e. The molecule has 0 aliphatic heterocycles. The number of rotatable bonds is 3. The van der Waals surface area contributed by atoms with Crippen molar-refractivity contribution >= 4 is 22.8 Å². The maximum absolute atomic E-state index is 13.1. The highest BCUT2D eigenvalue weighted by Crippen LogP contribution is 2.28. The summed E-state index contributed by atoms with van der Waals surface area (Å²) >= 11 is 0. The lowest BCUT2D eigenvalue weighted by Crippen LogP contribution is -2.08. The summed E-state index contributed by atoms with van der Waals surface area (Å²) in [5, 5.41) is 1.97. The molecule has 0 aromatic heterocycles. The van der Waals surface area contributed by atoms with Crippen LogP contribution in [-0.2, 0) is 0 Å². The first-order valence-corrected chi connectivity index (χ1v) is 7.21. The lowest BCUT2D eigenvalue weighted by Gasteiger charge is -2.13. The Labute approximate surface area is 129 Å². The summed E-state index contributed by atoms with van der Waals surface area (Å²) in [6, 6.07) is 16.9. The summed E-state index contributed by atoms with van der Waals surface area (Å²) in [7, 11) is 0. The van der Waals surface area contributed by atoms with E-state index >= 15 is 0 Å². The molecule has 3 rings (SSSR count). The molecule has 0 fully saturated rings. The van der Waals surface area contributed by atoms with Crippen LogP contribution < -0.4 is 0 Å². The van der Waals surface area contributed by atoms with E-state index in [0.29, 0.717) is 16.7 Å². The third kappa shape index (κ3) is 2.23. The van der Waals surface area contributed by atoms with Gasteiger partial charge in [-0.15, -0.1) is 0 Å². The van der Waals surface area contributed by atoms with Gasteiger partial charge in [0.05, 0.1) is 0 Å². The van der Waals surface area contributed by atoms with Crippen molar-refractivity contribution in [1.82, 2.24) is 0 Å². The summed E-state index contributed by atoms with van der Waals surface area (Å²) in [6.07, 6.45) is 0.737. The van der Waals surface area contributed by atoms with E-state index in [-0.39, 0.29) is 5.78 Å². The predicted octanol–water partition coefficient (Wildman–Crippen LogP) is 4.50. The molecule has 0 amide bonds. The Morgan fingerprint density at radius 1 is 0.955 bits per heavy atom. The second-order valence-corrected chi connectivity index (χ2v) is 5.45. The van der Waals surface area contributed by atoms with Crippen LogP contribution in [0, 0.1) is 13.8 Å². The number of aryl methyl sites for hydroxylation is 1. The van der Waals surface area contributed by atoms with Crippen LogP contribution in [0.5, 0.6) is 0 Å². The molecule has 3 aromatic carbocycles. The first kappa shape index (κ1) is 14.2. The summed E-state index contributed by atoms with van der Waals surface area (Å²) in [5.41, 5.74) is 3.61. The van der Waals surface area contributed by atoms with Crippen molar-refractivity contribution in [2.45, 2.75) is 13.8 Å².